The van der Waals surface area contributed by atoms with Gasteiger partial charge in [0.1, 0.15) is 5.82 Å². The van der Waals surface area contributed by atoms with Crippen molar-refractivity contribution >= 4 is 11.8 Å². The number of aromatic nitrogens is 1. The lowest BCUT2D eigenvalue weighted by Gasteiger charge is -2.29. The minimum atomic E-state index is 0.584. The number of anilines is 1. The van der Waals surface area contributed by atoms with Gasteiger partial charge in [-0.25, -0.2) is 4.98 Å². The maximum Gasteiger partial charge on any atom is 0.191 e. The Kier molecular flexibility index (Phi) is 6.45. The Hall–Kier alpha value is -1.82. The van der Waals surface area contributed by atoms with E-state index >= 15 is 0 Å². The van der Waals surface area contributed by atoms with Gasteiger partial charge >= 0.3 is 0 Å². The highest BCUT2D eigenvalue weighted by atomic mass is 16.5. The van der Waals surface area contributed by atoms with E-state index in [1.54, 1.807) is 7.05 Å². The van der Waals surface area contributed by atoms with Crippen LogP contribution >= 0.6 is 0 Å². The highest BCUT2D eigenvalue weighted by Crippen LogP contribution is 2.18. The summed E-state index contributed by atoms with van der Waals surface area (Å²) in [7, 11) is 1.79. The number of guanidine groups is 1. The molecule has 0 atom stereocenters. The van der Waals surface area contributed by atoms with Crippen LogP contribution in [0.2, 0.25) is 0 Å². The SMILES string of the molecule is CN=C(NCc1cccnc1N1CCOCC1)NCC(C)C. The summed E-state index contributed by atoms with van der Waals surface area (Å²) in [6.07, 6.45) is 1.85. The van der Waals surface area contributed by atoms with Crippen molar-refractivity contribution in [2.24, 2.45) is 10.9 Å². The smallest absolute Gasteiger partial charge is 0.191 e. The first-order valence-electron chi connectivity index (χ1n) is 7.91. The van der Waals surface area contributed by atoms with Crippen LogP contribution in [0.5, 0.6) is 0 Å². The molecule has 1 aliphatic rings. The minimum Gasteiger partial charge on any atom is -0.378 e. The maximum absolute atomic E-state index is 5.42. The lowest BCUT2D eigenvalue weighted by atomic mass is 10.2. The molecule has 22 heavy (non-hydrogen) atoms. The Morgan fingerprint density at radius 2 is 2.14 bits per heavy atom. The molecule has 2 N–H and O–H groups in total. The number of ether oxygens (including phenoxy) is 1. The number of pyridine rings is 1. The normalized spacial score (nSPS) is 16.0. The van der Waals surface area contributed by atoms with Crippen molar-refractivity contribution in [3.05, 3.63) is 23.9 Å². The first kappa shape index (κ1) is 16.5. The van der Waals surface area contributed by atoms with Gasteiger partial charge in [-0.15, -0.1) is 0 Å². The predicted octanol–water partition coefficient (Wildman–Crippen LogP) is 1.24. The van der Waals surface area contributed by atoms with Crippen molar-refractivity contribution in [2.75, 3.05) is 44.8 Å². The highest BCUT2D eigenvalue weighted by molar-refractivity contribution is 5.79. The first-order valence-corrected chi connectivity index (χ1v) is 7.91. The van der Waals surface area contributed by atoms with E-state index in [0.29, 0.717) is 12.5 Å². The molecule has 0 saturated carbocycles. The van der Waals surface area contributed by atoms with Crippen LogP contribution in [0, 0.1) is 5.92 Å². The largest absolute Gasteiger partial charge is 0.378 e. The van der Waals surface area contributed by atoms with Crippen LogP contribution in [0.1, 0.15) is 19.4 Å². The summed E-state index contributed by atoms with van der Waals surface area (Å²) < 4.78 is 5.42. The minimum absolute atomic E-state index is 0.584. The second kappa shape index (κ2) is 8.58. The molecule has 0 amide bonds. The number of morpholine rings is 1. The molecule has 0 bridgehead atoms. The topological polar surface area (TPSA) is 61.8 Å². The van der Waals surface area contributed by atoms with Crippen molar-refractivity contribution in [2.45, 2.75) is 20.4 Å². The second-order valence-electron chi connectivity index (χ2n) is 5.79. The summed E-state index contributed by atoms with van der Waals surface area (Å²) in [5, 5.41) is 6.68. The van der Waals surface area contributed by atoms with E-state index in [2.05, 4.69) is 45.4 Å². The third kappa shape index (κ3) is 4.87. The summed E-state index contributed by atoms with van der Waals surface area (Å²) in [5.41, 5.74) is 1.18. The molecular weight excluding hydrogens is 278 g/mol. The van der Waals surface area contributed by atoms with Gasteiger partial charge in [0.25, 0.3) is 0 Å². The van der Waals surface area contributed by atoms with Gasteiger partial charge in [-0.3, -0.25) is 4.99 Å². The summed E-state index contributed by atoms with van der Waals surface area (Å²) >= 11 is 0. The standard InChI is InChI=1S/C16H27N5O/c1-13(2)11-19-16(17-3)20-12-14-5-4-6-18-15(14)21-7-9-22-10-8-21/h4-6,13H,7-12H2,1-3H3,(H2,17,19,20). The lowest BCUT2D eigenvalue weighted by Crippen LogP contribution is -2.40. The Morgan fingerprint density at radius 1 is 1.36 bits per heavy atom. The number of hydrogen-bond acceptors (Lipinski definition) is 4. The fraction of sp³-hybridized carbons (Fsp3) is 0.625. The van der Waals surface area contributed by atoms with Crippen LogP contribution in [0.4, 0.5) is 5.82 Å². The Balaban J connectivity index is 1.97. The van der Waals surface area contributed by atoms with E-state index in [9.17, 15) is 0 Å². The molecule has 1 aromatic rings. The third-order valence-corrected chi connectivity index (χ3v) is 3.53. The van der Waals surface area contributed by atoms with E-state index in [0.717, 1.165) is 44.6 Å². The van der Waals surface area contributed by atoms with Crippen molar-refractivity contribution in [3.63, 3.8) is 0 Å². The van der Waals surface area contributed by atoms with E-state index in [1.807, 2.05) is 12.3 Å². The van der Waals surface area contributed by atoms with Crippen molar-refractivity contribution < 1.29 is 4.74 Å². The first-order chi connectivity index (χ1) is 10.7. The summed E-state index contributed by atoms with van der Waals surface area (Å²) in [6, 6.07) is 4.09. The molecule has 2 rings (SSSR count). The van der Waals surface area contributed by atoms with Crippen molar-refractivity contribution in [3.8, 4) is 0 Å². The Bertz CT molecular complexity index is 483. The Labute approximate surface area is 133 Å². The second-order valence-corrected chi connectivity index (χ2v) is 5.79. The molecule has 0 unspecified atom stereocenters. The molecule has 1 aromatic heterocycles. The molecule has 1 aliphatic heterocycles. The lowest BCUT2D eigenvalue weighted by molar-refractivity contribution is 0.122. The zero-order valence-corrected chi connectivity index (χ0v) is 13.8. The van der Waals surface area contributed by atoms with Crippen molar-refractivity contribution in [1.82, 2.24) is 15.6 Å². The maximum atomic E-state index is 5.42. The molecule has 0 aromatic carbocycles. The zero-order chi connectivity index (χ0) is 15.8. The monoisotopic (exact) mass is 305 g/mol. The van der Waals surface area contributed by atoms with Crippen LogP contribution in [0.15, 0.2) is 23.3 Å². The number of nitrogens with one attached hydrogen (secondary N) is 2. The molecule has 6 nitrogen and oxygen atoms in total. The zero-order valence-electron chi connectivity index (χ0n) is 13.8. The average Bonchev–Trinajstić information content (AvgIpc) is 2.56. The summed E-state index contributed by atoms with van der Waals surface area (Å²) in [5.74, 6) is 2.45. The van der Waals surface area contributed by atoms with Gasteiger partial charge in [-0.2, -0.15) is 0 Å². The quantitative estimate of drug-likeness (QED) is 0.633. The molecule has 6 heteroatoms. The van der Waals surface area contributed by atoms with Gasteiger partial charge < -0.3 is 20.3 Å². The summed E-state index contributed by atoms with van der Waals surface area (Å²) in [6.45, 7) is 9.29. The fourth-order valence-corrected chi connectivity index (χ4v) is 2.33. The van der Waals surface area contributed by atoms with Gasteiger partial charge in [0, 0.05) is 45.0 Å². The van der Waals surface area contributed by atoms with Gasteiger partial charge in [-0.05, 0) is 12.0 Å². The number of aliphatic imine (C=N–C) groups is 1. The molecule has 1 fully saturated rings. The fourth-order valence-electron chi connectivity index (χ4n) is 2.33. The molecule has 2 heterocycles. The van der Waals surface area contributed by atoms with Gasteiger partial charge in [0.2, 0.25) is 0 Å². The van der Waals surface area contributed by atoms with Crippen LogP contribution in [0.3, 0.4) is 0 Å². The predicted molar refractivity (Wildman–Crippen MR) is 90.3 cm³/mol. The molecular formula is C16H27N5O. The summed E-state index contributed by atoms with van der Waals surface area (Å²) in [4.78, 5) is 11.1. The van der Waals surface area contributed by atoms with Crippen LogP contribution in [-0.2, 0) is 11.3 Å². The number of hydrogen-bond donors (Lipinski definition) is 2. The Morgan fingerprint density at radius 3 is 2.82 bits per heavy atom. The van der Waals surface area contributed by atoms with Crippen molar-refractivity contribution in [1.29, 1.82) is 0 Å². The van der Waals surface area contributed by atoms with Gasteiger partial charge in [0.15, 0.2) is 5.96 Å². The average molecular weight is 305 g/mol. The van der Waals surface area contributed by atoms with E-state index in [-0.39, 0.29) is 0 Å². The number of rotatable bonds is 5. The van der Waals surface area contributed by atoms with E-state index in [1.165, 1.54) is 5.56 Å². The number of nitrogens with zero attached hydrogens (tertiary/aromatic N) is 3. The van der Waals surface area contributed by atoms with E-state index < -0.39 is 0 Å². The van der Waals surface area contributed by atoms with E-state index in [4.69, 9.17) is 4.74 Å². The highest BCUT2D eigenvalue weighted by Gasteiger charge is 2.15. The molecule has 0 spiro atoms. The van der Waals surface area contributed by atoms with Crippen LogP contribution in [-0.4, -0.2) is 50.8 Å². The third-order valence-electron chi connectivity index (χ3n) is 3.53. The van der Waals surface area contributed by atoms with Gasteiger partial charge in [-0.1, -0.05) is 19.9 Å². The molecule has 0 radical (unpaired) electrons. The van der Waals surface area contributed by atoms with Gasteiger partial charge in [0.05, 0.1) is 13.2 Å². The molecule has 0 aliphatic carbocycles. The van der Waals surface area contributed by atoms with Crippen LogP contribution < -0.4 is 15.5 Å². The van der Waals surface area contributed by atoms with Crippen LogP contribution in [0.25, 0.3) is 0 Å². The molecule has 122 valence electrons. The molecule has 1 saturated heterocycles.